The lowest BCUT2D eigenvalue weighted by molar-refractivity contribution is -0.137. The molecule has 8 heteroatoms. The largest absolute Gasteiger partial charge is 0.491 e. The molecule has 1 aromatic heterocycles. The molecule has 0 saturated carbocycles. The van der Waals surface area contributed by atoms with E-state index in [2.05, 4.69) is 15.6 Å². The van der Waals surface area contributed by atoms with Gasteiger partial charge in [0.05, 0.1) is 17.5 Å². The number of rotatable bonds is 9. The molecule has 27 heavy (non-hydrogen) atoms. The van der Waals surface area contributed by atoms with Gasteiger partial charge in [-0.25, -0.2) is 4.68 Å². The van der Waals surface area contributed by atoms with Gasteiger partial charge in [-0.05, 0) is 50.5 Å². The Hall–Kier alpha value is -2.90. The van der Waals surface area contributed by atoms with Crippen molar-refractivity contribution in [1.82, 2.24) is 20.3 Å². The zero-order valence-corrected chi connectivity index (χ0v) is 16.1. The third-order valence-electron chi connectivity index (χ3n) is 3.90. The van der Waals surface area contributed by atoms with Crippen LogP contribution in [0.1, 0.15) is 50.3 Å². The summed E-state index contributed by atoms with van der Waals surface area (Å²) in [6.07, 6.45) is 0.663. The molecule has 2 N–H and O–H groups in total. The van der Waals surface area contributed by atoms with Crippen LogP contribution in [0.25, 0.3) is 5.69 Å². The molecule has 2 rings (SSSR count). The van der Waals surface area contributed by atoms with E-state index < -0.39 is 5.97 Å². The highest BCUT2D eigenvalue weighted by atomic mass is 16.5. The quantitative estimate of drug-likeness (QED) is 0.698. The molecular weight excluding hydrogens is 348 g/mol. The molecule has 0 aliphatic heterocycles. The lowest BCUT2D eigenvalue weighted by Crippen LogP contribution is -2.30. The van der Waals surface area contributed by atoms with Crippen molar-refractivity contribution in [1.29, 1.82) is 0 Å². The monoisotopic (exact) mass is 374 g/mol. The van der Waals surface area contributed by atoms with E-state index in [1.54, 1.807) is 11.6 Å². The van der Waals surface area contributed by atoms with Gasteiger partial charge in [-0.3, -0.25) is 9.59 Å². The third kappa shape index (κ3) is 5.54. The highest BCUT2D eigenvalue weighted by molar-refractivity contribution is 5.93. The van der Waals surface area contributed by atoms with Crippen LogP contribution in [0.2, 0.25) is 0 Å². The van der Waals surface area contributed by atoms with Gasteiger partial charge >= 0.3 is 5.97 Å². The predicted molar refractivity (Wildman–Crippen MR) is 100 cm³/mol. The first-order valence-corrected chi connectivity index (χ1v) is 9.03. The van der Waals surface area contributed by atoms with Gasteiger partial charge in [0, 0.05) is 13.0 Å². The number of carbonyl (C=O) groups is 2. The highest BCUT2D eigenvalue weighted by Crippen LogP contribution is 2.19. The van der Waals surface area contributed by atoms with Crippen LogP contribution in [0.15, 0.2) is 24.3 Å². The Morgan fingerprint density at radius 3 is 2.44 bits per heavy atom. The maximum absolute atomic E-state index is 12.4. The topological polar surface area (TPSA) is 106 Å². The van der Waals surface area contributed by atoms with Gasteiger partial charge in [-0.1, -0.05) is 19.1 Å². The molecule has 0 radical (unpaired) electrons. The van der Waals surface area contributed by atoms with Crippen molar-refractivity contribution in [3.05, 3.63) is 35.7 Å². The molecule has 0 aliphatic rings. The smallest absolute Gasteiger partial charge is 0.303 e. The molecule has 1 amide bonds. The van der Waals surface area contributed by atoms with Crippen LogP contribution in [-0.2, 0) is 11.2 Å². The van der Waals surface area contributed by atoms with Crippen LogP contribution in [0.4, 0.5) is 0 Å². The molecule has 0 spiro atoms. The Morgan fingerprint density at radius 1 is 1.22 bits per heavy atom. The van der Waals surface area contributed by atoms with Crippen LogP contribution in [0.3, 0.4) is 0 Å². The summed E-state index contributed by atoms with van der Waals surface area (Å²) in [5, 5.41) is 19.7. The van der Waals surface area contributed by atoms with Gasteiger partial charge in [-0.15, -0.1) is 5.10 Å². The molecule has 2 aromatic rings. The molecular formula is C19H26N4O4. The molecule has 1 unspecified atom stereocenters. The standard InChI is InChI=1S/C19H26N4O4/c1-5-16-18(19(26)20-11-13(4)10-17(24)25)21-22-23(16)14-6-8-15(9-7-14)27-12(2)3/h6-9,12-13H,5,10-11H2,1-4H3,(H,20,26)(H,24,25). The third-order valence-corrected chi connectivity index (χ3v) is 3.90. The Bertz CT molecular complexity index is 784. The fraction of sp³-hybridized carbons (Fsp3) is 0.474. The number of carboxylic acids is 1. The van der Waals surface area contributed by atoms with E-state index >= 15 is 0 Å². The molecule has 146 valence electrons. The first-order chi connectivity index (χ1) is 12.8. The minimum Gasteiger partial charge on any atom is -0.491 e. The van der Waals surface area contributed by atoms with Gasteiger partial charge in [-0.2, -0.15) is 0 Å². The Morgan fingerprint density at radius 2 is 1.89 bits per heavy atom. The number of aromatic nitrogens is 3. The van der Waals surface area contributed by atoms with E-state index in [4.69, 9.17) is 9.84 Å². The van der Waals surface area contributed by atoms with Crippen molar-refractivity contribution in [2.45, 2.75) is 46.6 Å². The van der Waals surface area contributed by atoms with Crippen molar-refractivity contribution < 1.29 is 19.4 Å². The van der Waals surface area contributed by atoms with Gasteiger partial charge in [0.2, 0.25) is 0 Å². The SMILES string of the molecule is CCc1c(C(=O)NCC(C)CC(=O)O)nnn1-c1ccc(OC(C)C)cc1. The highest BCUT2D eigenvalue weighted by Gasteiger charge is 2.20. The summed E-state index contributed by atoms with van der Waals surface area (Å²) < 4.78 is 7.27. The number of ether oxygens (including phenoxy) is 1. The molecule has 0 bridgehead atoms. The van der Waals surface area contributed by atoms with E-state index in [1.807, 2.05) is 45.0 Å². The number of carbonyl (C=O) groups excluding carboxylic acids is 1. The maximum Gasteiger partial charge on any atom is 0.303 e. The average Bonchev–Trinajstić information content (AvgIpc) is 3.03. The first kappa shape index (κ1) is 20.4. The lowest BCUT2D eigenvalue weighted by Gasteiger charge is -2.11. The zero-order valence-electron chi connectivity index (χ0n) is 16.1. The number of nitrogens with zero attached hydrogens (tertiary/aromatic N) is 3. The zero-order chi connectivity index (χ0) is 20.0. The summed E-state index contributed by atoms with van der Waals surface area (Å²) in [5.41, 5.74) is 1.73. The molecule has 8 nitrogen and oxygen atoms in total. The van der Waals surface area contributed by atoms with E-state index in [1.165, 1.54) is 0 Å². The molecule has 1 heterocycles. The number of aliphatic carboxylic acids is 1. The Kier molecular flexibility index (Phi) is 6.92. The van der Waals surface area contributed by atoms with Crippen molar-refractivity contribution in [2.75, 3.05) is 6.54 Å². The van der Waals surface area contributed by atoms with Crippen molar-refractivity contribution >= 4 is 11.9 Å². The van der Waals surface area contributed by atoms with Gasteiger partial charge in [0.15, 0.2) is 5.69 Å². The summed E-state index contributed by atoms with van der Waals surface area (Å²) in [7, 11) is 0. The van der Waals surface area contributed by atoms with Crippen molar-refractivity contribution in [3.63, 3.8) is 0 Å². The van der Waals surface area contributed by atoms with Gasteiger partial charge < -0.3 is 15.2 Å². The molecule has 0 fully saturated rings. The number of hydrogen-bond acceptors (Lipinski definition) is 5. The summed E-state index contributed by atoms with van der Waals surface area (Å²) in [6, 6.07) is 7.43. The molecule has 1 aromatic carbocycles. The number of amides is 1. The minimum atomic E-state index is -0.887. The first-order valence-electron chi connectivity index (χ1n) is 9.03. The fourth-order valence-electron chi connectivity index (χ4n) is 2.66. The van der Waals surface area contributed by atoms with Gasteiger partial charge in [0.25, 0.3) is 5.91 Å². The predicted octanol–water partition coefficient (Wildman–Crippen LogP) is 2.46. The van der Waals surface area contributed by atoms with E-state index in [9.17, 15) is 9.59 Å². The second-order valence-corrected chi connectivity index (χ2v) is 6.72. The molecule has 1 atom stereocenters. The summed E-state index contributed by atoms with van der Waals surface area (Å²) in [6.45, 7) is 7.88. The van der Waals surface area contributed by atoms with Crippen LogP contribution >= 0.6 is 0 Å². The second kappa shape index (κ2) is 9.16. The minimum absolute atomic E-state index is 0.00159. The Balaban J connectivity index is 2.13. The number of carboxylic acid groups (broad SMARTS) is 1. The maximum atomic E-state index is 12.4. The number of benzene rings is 1. The van der Waals surface area contributed by atoms with Crippen molar-refractivity contribution in [3.8, 4) is 11.4 Å². The van der Waals surface area contributed by atoms with Crippen molar-refractivity contribution in [2.24, 2.45) is 5.92 Å². The second-order valence-electron chi connectivity index (χ2n) is 6.72. The van der Waals surface area contributed by atoms with Crippen LogP contribution < -0.4 is 10.1 Å². The summed E-state index contributed by atoms with van der Waals surface area (Å²) >= 11 is 0. The van der Waals surface area contributed by atoms with Crippen LogP contribution in [-0.4, -0.2) is 44.6 Å². The van der Waals surface area contributed by atoms with Gasteiger partial charge in [0.1, 0.15) is 5.75 Å². The molecule has 0 aliphatic carbocycles. The number of hydrogen-bond donors (Lipinski definition) is 2. The molecule has 0 saturated heterocycles. The van der Waals surface area contributed by atoms with Crippen LogP contribution in [0, 0.1) is 5.92 Å². The lowest BCUT2D eigenvalue weighted by atomic mass is 10.1. The average molecular weight is 374 g/mol. The Labute approximate surface area is 158 Å². The van der Waals surface area contributed by atoms with E-state index in [0.717, 1.165) is 11.4 Å². The fourth-order valence-corrected chi connectivity index (χ4v) is 2.66. The van der Waals surface area contributed by atoms with Crippen LogP contribution in [0.5, 0.6) is 5.75 Å². The summed E-state index contributed by atoms with van der Waals surface area (Å²) in [5.74, 6) is -0.644. The normalized spacial score (nSPS) is 12.0. The van der Waals surface area contributed by atoms with E-state index in [-0.39, 0.29) is 36.6 Å². The van der Waals surface area contributed by atoms with E-state index in [0.29, 0.717) is 12.1 Å². The number of nitrogens with one attached hydrogen (secondary N) is 1. The summed E-state index contributed by atoms with van der Waals surface area (Å²) in [4.78, 5) is 23.2.